The second kappa shape index (κ2) is 12.2. The van der Waals surface area contributed by atoms with Crippen LogP contribution < -0.4 is 16.0 Å². The van der Waals surface area contributed by atoms with Crippen molar-refractivity contribution in [1.82, 2.24) is 14.5 Å². The highest BCUT2D eigenvalue weighted by atomic mass is 32.2. The molecule has 0 aliphatic carbocycles. The molecule has 2 N–H and O–H groups in total. The van der Waals surface area contributed by atoms with E-state index in [1.165, 1.54) is 11.8 Å². The molecule has 3 aromatic rings. The zero-order valence-corrected chi connectivity index (χ0v) is 20.3. The minimum Gasteiger partial charge on any atom is -0.496 e. The van der Waals surface area contributed by atoms with Crippen LogP contribution in [0.25, 0.3) is 10.9 Å². The molecule has 0 spiro atoms. The maximum Gasteiger partial charge on any atom is 0.262 e. The van der Waals surface area contributed by atoms with Crippen LogP contribution in [-0.2, 0) is 22.7 Å². The van der Waals surface area contributed by atoms with Gasteiger partial charge < -0.3 is 15.4 Å². The second-order valence-corrected chi connectivity index (χ2v) is 8.94. The van der Waals surface area contributed by atoms with E-state index in [1.54, 1.807) is 35.8 Å². The number of ether oxygens (including phenoxy) is 1. The highest BCUT2D eigenvalue weighted by molar-refractivity contribution is 7.99. The number of benzene rings is 2. The summed E-state index contributed by atoms with van der Waals surface area (Å²) in [5.41, 5.74) is 6.60. The van der Waals surface area contributed by atoms with Gasteiger partial charge in [-0.05, 0) is 31.0 Å². The van der Waals surface area contributed by atoms with Crippen LogP contribution in [-0.4, -0.2) is 46.2 Å². The first-order valence-corrected chi connectivity index (χ1v) is 12.2. The fraction of sp³-hybridized carbons (Fsp3) is 0.360. The summed E-state index contributed by atoms with van der Waals surface area (Å²) in [5.74, 6) is 0.483. The van der Waals surface area contributed by atoms with Gasteiger partial charge in [0.1, 0.15) is 5.75 Å². The molecule has 1 heterocycles. The molecular formula is C25H30N4O4S. The quantitative estimate of drug-likeness (QED) is 0.241. The zero-order chi connectivity index (χ0) is 24.5. The van der Waals surface area contributed by atoms with Gasteiger partial charge >= 0.3 is 0 Å². The predicted molar refractivity (Wildman–Crippen MR) is 134 cm³/mol. The van der Waals surface area contributed by atoms with Crippen molar-refractivity contribution in [2.75, 3.05) is 19.9 Å². The van der Waals surface area contributed by atoms with Gasteiger partial charge in [0, 0.05) is 32.1 Å². The minimum atomic E-state index is -0.323. The van der Waals surface area contributed by atoms with Gasteiger partial charge in [-0.3, -0.25) is 19.0 Å². The van der Waals surface area contributed by atoms with Crippen LogP contribution in [0.4, 0.5) is 0 Å². The Morgan fingerprint density at radius 2 is 1.82 bits per heavy atom. The zero-order valence-electron chi connectivity index (χ0n) is 19.5. The van der Waals surface area contributed by atoms with E-state index in [-0.39, 0.29) is 23.1 Å². The fourth-order valence-corrected chi connectivity index (χ4v) is 4.58. The molecule has 0 atom stereocenters. The summed E-state index contributed by atoms with van der Waals surface area (Å²) in [6.07, 6.45) is 2.49. The Hall–Kier alpha value is -3.33. The van der Waals surface area contributed by atoms with E-state index in [4.69, 9.17) is 10.5 Å². The normalized spacial score (nSPS) is 10.9. The summed E-state index contributed by atoms with van der Waals surface area (Å²) >= 11 is 1.26. The molecule has 180 valence electrons. The van der Waals surface area contributed by atoms with Gasteiger partial charge in [-0.1, -0.05) is 48.5 Å². The van der Waals surface area contributed by atoms with Crippen molar-refractivity contribution in [2.45, 2.75) is 43.9 Å². The molecule has 0 aliphatic rings. The molecule has 0 aliphatic heterocycles. The summed E-state index contributed by atoms with van der Waals surface area (Å²) < 4.78 is 7.01. The van der Waals surface area contributed by atoms with Crippen molar-refractivity contribution in [3.05, 3.63) is 64.4 Å². The second-order valence-electron chi connectivity index (χ2n) is 8.00. The van der Waals surface area contributed by atoms with E-state index in [0.29, 0.717) is 48.4 Å². The molecule has 0 bridgehead atoms. The maximum atomic E-state index is 13.1. The molecule has 8 nitrogen and oxygen atoms in total. The van der Waals surface area contributed by atoms with Crippen molar-refractivity contribution in [3.63, 3.8) is 0 Å². The van der Waals surface area contributed by atoms with Gasteiger partial charge in [-0.15, -0.1) is 0 Å². The predicted octanol–water partition coefficient (Wildman–Crippen LogP) is 3.20. The highest BCUT2D eigenvalue weighted by Crippen LogP contribution is 2.21. The van der Waals surface area contributed by atoms with Gasteiger partial charge in [0.15, 0.2) is 5.16 Å². The Bertz CT molecular complexity index is 1210. The molecule has 2 amide bonds. The smallest absolute Gasteiger partial charge is 0.262 e. The summed E-state index contributed by atoms with van der Waals surface area (Å²) in [4.78, 5) is 43.2. The molecular weight excluding hydrogens is 452 g/mol. The van der Waals surface area contributed by atoms with Crippen molar-refractivity contribution in [1.29, 1.82) is 0 Å². The number of aromatic nitrogens is 2. The molecule has 0 unspecified atom stereocenters. The molecule has 0 radical (unpaired) electrons. The number of fused-ring (bicyclic) bond motifs is 1. The first kappa shape index (κ1) is 25.3. The number of primary amides is 1. The molecule has 3 rings (SSSR count). The SMILES string of the molecule is COc1ccccc1CN(C)C(=O)CSc1nc2ccccc2c(=O)n1CCCCCC(N)=O. The minimum absolute atomic E-state index is 0.0775. The molecule has 0 saturated carbocycles. The van der Waals surface area contributed by atoms with E-state index >= 15 is 0 Å². The standard InChI is InChI=1S/C25H30N4O4S/c1-28(16-18-10-5-8-13-21(18)33-2)23(31)17-34-25-27-20-12-7-6-11-19(20)24(32)29(25)15-9-3-4-14-22(26)30/h5-8,10-13H,3-4,9,14-17H2,1-2H3,(H2,26,30). The van der Waals surface area contributed by atoms with Crippen LogP contribution in [0.3, 0.4) is 0 Å². The van der Waals surface area contributed by atoms with Crippen molar-refractivity contribution in [3.8, 4) is 5.75 Å². The van der Waals surface area contributed by atoms with Gasteiger partial charge in [0.25, 0.3) is 5.56 Å². The van der Waals surface area contributed by atoms with E-state index in [9.17, 15) is 14.4 Å². The number of nitrogens with two attached hydrogens (primary N) is 1. The Kier molecular flexibility index (Phi) is 9.09. The number of hydrogen-bond acceptors (Lipinski definition) is 6. The Morgan fingerprint density at radius 3 is 2.59 bits per heavy atom. The third kappa shape index (κ3) is 6.60. The van der Waals surface area contributed by atoms with Gasteiger partial charge in [-0.25, -0.2) is 4.98 Å². The van der Waals surface area contributed by atoms with Crippen LogP contribution in [0.2, 0.25) is 0 Å². The first-order chi connectivity index (χ1) is 16.4. The lowest BCUT2D eigenvalue weighted by atomic mass is 10.2. The Labute approximate surface area is 203 Å². The number of amides is 2. The molecule has 1 aromatic heterocycles. The molecule has 2 aromatic carbocycles. The van der Waals surface area contributed by atoms with Crippen LogP contribution >= 0.6 is 11.8 Å². The van der Waals surface area contributed by atoms with Crippen molar-refractivity contribution in [2.24, 2.45) is 5.73 Å². The highest BCUT2D eigenvalue weighted by Gasteiger charge is 2.16. The number of methoxy groups -OCH3 is 1. The number of para-hydroxylation sites is 2. The van der Waals surface area contributed by atoms with Crippen LogP contribution in [0.5, 0.6) is 5.75 Å². The third-order valence-corrected chi connectivity index (χ3v) is 6.44. The summed E-state index contributed by atoms with van der Waals surface area (Å²) in [5, 5.41) is 1.06. The monoisotopic (exact) mass is 482 g/mol. The van der Waals surface area contributed by atoms with Gasteiger partial charge in [0.2, 0.25) is 11.8 Å². The summed E-state index contributed by atoms with van der Waals surface area (Å²) in [6, 6.07) is 14.8. The number of unbranched alkanes of at least 4 members (excludes halogenated alkanes) is 2. The van der Waals surface area contributed by atoms with Crippen molar-refractivity contribution < 1.29 is 14.3 Å². The summed E-state index contributed by atoms with van der Waals surface area (Å²) in [6.45, 7) is 0.879. The topological polar surface area (TPSA) is 108 Å². The largest absolute Gasteiger partial charge is 0.496 e. The Balaban J connectivity index is 1.72. The van der Waals surface area contributed by atoms with Crippen molar-refractivity contribution >= 4 is 34.5 Å². The maximum absolute atomic E-state index is 13.1. The number of nitrogens with zero attached hydrogens (tertiary/aromatic N) is 3. The average molecular weight is 483 g/mol. The lowest BCUT2D eigenvalue weighted by Crippen LogP contribution is -2.29. The average Bonchev–Trinajstić information content (AvgIpc) is 2.83. The molecule has 9 heteroatoms. The third-order valence-electron chi connectivity index (χ3n) is 5.48. The van der Waals surface area contributed by atoms with E-state index < -0.39 is 0 Å². The van der Waals surface area contributed by atoms with E-state index in [0.717, 1.165) is 17.7 Å². The van der Waals surface area contributed by atoms with Crippen LogP contribution in [0.1, 0.15) is 31.2 Å². The molecule has 34 heavy (non-hydrogen) atoms. The molecule has 0 fully saturated rings. The Morgan fingerprint density at radius 1 is 1.09 bits per heavy atom. The van der Waals surface area contributed by atoms with Gasteiger partial charge in [0.05, 0.1) is 23.8 Å². The van der Waals surface area contributed by atoms with E-state index in [2.05, 4.69) is 4.98 Å². The number of carbonyl (C=O) groups is 2. The molecule has 0 saturated heterocycles. The van der Waals surface area contributed by atoms with Crippen LogP contribution in [0.15, 0.2) is 58.5 Å². The lowest BCUT2D eigenvalue weighted by Gasteiger charge is -2.19. The fourth-order valence-electron chi connectivity index (χ4n) is 3.61. The number of rotatable bonds is 12. The number of carbonyl (C=O) groups excluding carboxylic acids is 2. The first-order valence-electron chi connectivity index (χ1n) is 11.2. The van der Waals surface area contributed by atoms with Crippen LogP contribution in [0, 0.1) is 0 Å². The number of thioether (sulfide) groups is 1. The number of hydrogen-bond donors (Lipinski definition) is 1. The summed E-state index contributed by atoms with van der Waals surface area (Å²) in [7, 11) is 3.35. The van der Waals surface area contributed by atoms with E-state index in [1.807, 2.05) is 36.4 Å². The van der Waals surface area contributed by atoms with Gasteiger partial charge in [-0.2, -0.15) is 0 Å². The lowest BCUT2D eigenvalue weighted by molar-refractivity contribution is -0.127.